The lowest BCUT2D eigenvalue weighted by Gasteiger charge is -2.00. The van der Waals surface area contributed by atoms with Gasteiger partial charge in [0.05, 0.1) is 6.20 Å². The Hall–Kier alpha value is -3.00. The maximum absolute atomic E-state index is 9.35. The Morgan fingerprint density at radius 3 is 2.80 bits per heavy atom. The van der Waals surface area contributed by atoms with Crippen LogP contribution in [0.25, 0.3) is 22.8 Å². The highest BCUT2D eigenvalue weighted by molar-refractivity contribution is 5.85. The van der Waals surface area contributed by atoms with Gasteiger partial charge in [0, 0.05) is 6.20 Å². The number of benzene rings is 1. The molecule has 0 atom stereocenters. The smallest absolute Gasteiger partial charge is 0.145 e. The second kappa shape index (κ2) is 4.94. The highest BCUT2D eigenvalue weighted by Gasteiger charge is 2.08. The van der Waals surface area contributed by atoms with E-state index < -0.39 is 0 Å². The number of rotatable bonds is 2. The first-order valence-corrected chi connectivity index (χ1v) is 6.12. The SMILES string of the molecule is Cc1ccc(/C=C(\C#N)n2nnc3ccncc32)cc1. The van der Waals surface area contributed by atoms with Gasteiger partial charge in [0.2, 0.25) is 0 Å². The number of aryl methyl sites for hydroxylation is 1. The molecule has 3 aromatic rings. The molecule has 3 rings (SSSR count). The van der Waals surface area contributed by atoms with Gasteiger partial charge in [0.15, 0.2) is 0 Å². The zero-order valence-corrected chi connectivity index (χ0v) is 10.9. The molecule has 1 aromatic carbocycles. The topological polar surface area (TPSA) is 67.4 Å². The predicted molar refractivity (Wildman–Crippen MR) is 76.3 cm³/mol. The van der Waals surface area contributed by atoms with Crippen molar-refractivity contribution in [3.05, 3.63) is 53.9 Å². The first kappa shape index (κ1) is 12.1. The van der Waals surface area contributed by atoms with Gasteiger partial charge in [0.1, 0.15) is 22.8 Å². The summed E-state index contributed by atoms with van der Waals surface area (Å²) >= 11 is 0. The third kappa shape index (κ3) is 2.15. The lowest BCUT2D eigenvalue weighted by molar-refractivity contribution is 0.848. The van der Waals surface area contributed by atoms with E-state index in [1.54, 1.807) is 24.5 Å². The van der Waals surface area contributed by atoms with E-state index in [1.807, 2.05) is 31.2 Å². The molecule has 2 heterocycles. The molecular weight excluding hydrogens is 250 g/mol. The molecule has 0 bridgehead atoms. The van der Waals surface area contributed by atoms with E-state index in [9.17, 15) is 5.26 Å². The standard InChI is InChI=1S/C15H11N5/c1-11-2-4-12(5-3-11)8-13(9-16)20-15-10-17-7-6-14(15)18-19-20/h2-8,10H,1H3/b13-8+. The van der Waals surface area contributed by atoms with Crippen molar-refractivity contribution in [2.75, 3.05) is 0 Å². The lowest BCUT2D eigenvalue weighted by Crippen LogP contribution is -1.97. The number of hydrogen-bond acceptors (Lipinski definition) is 4. The van der Waals surface area contributed by atoms with Crippen molar-refractivity contribution in [2.45, 2.75) is 6.92 Å². The first-order valence-electron chi connectivity index (χ1n) is 6.12. The summed E-state index contributed by atoms with van der Waals surface area (Å²) in [6, 6.07) is 11.8. The third-order valence-corrected chi connectivity index (χ3v) is 2.97. The average Bonchev–Trinajstić information content (AvgIpc) is 2.91. The lowest BCUT2D eigenvalue weighted by atomic mass is 10.1. The van der Waals surface area contributed by atoms with Crippen molar-refractivity contribution in [3.63, 3.8) is 0 Å². The van der Waals surface area contributed by atoms with Crippen LogP contribution >= 0.6 is 0 Å². The molecule has 20 heavy (non-hydrogen) atoms. The van der Waals surface area contributed by atoms with E-state index in [-0.39, 0.29) is 0 Å². The van der Waals surface area contributed by atoms with Crippen molar-refractivity contribution in [3.8, 4) is 6.07 Å². The van der Waals surface area contributed by atoms with Gasteiger partial charge in [-0.25, -0.2) is 4.68 Å². The van der Waals surface area contributed by atoms with Crippen LogP contribution in [0.5, 0.6) is 0 Å². The zero-order valence-electron chi connectivity index (χ0n) is 10.9. The minimum absolute atomic E-state index is 0.407. The summed E-state index contributed by atoms with van der Waals surface area (Å²) in [6.07, 6.45) is 5.08. The van der Waals surface area contributed by atoms with Crippen molar-refractivity contribution in [1.82, 2.24) is 20.0 Å². The van der Waals surface area contributed by atoms with Gasteiger partial charge in [0.25, 0.3) is 0 Å². The second-order valence-electron chi connectivity index (χ2n) is 4.42. The summed E-state index contributed by atoms with van der Waals surface area (Å²) in [7, 11) is 0. The highest BCUT2D eigenvalue weighted by Crippen LogP contribution is 2.16. The molecule has 0 saturated carbocycles. The molecule has 2 aromatic heterocycles. The molecule has 0 amide bonds. The molecule has 96 valence electrons. The van der Waals surface area contributed by atoms with E-state index >= 15 is 0 Å². The van der Waals surface area contributed by atoms with Crippen LogP contribution in [0.2, 0.25) is 0 Å². The number of pyridine rings is 1. The Balaban J connectivity index is 2.10. The van der Waals surface area contributed by atoms with Crippen LogP contribution in [-0.4, -0.2) is 20.0 Å². The fourth-order valence-electron chi connectivity index (χ4n) is 1.91. The number of nitriles is 1. The molecule has 0 radical (unpaired) electrons. The van der Waals surface area contributed by atoms with Crippen LogP contribution in [0.15, 0.2) is 42.7 Å². The number of allylic oxidation sites excluding steroid dienone is 1. The van der Waals surface area contributed by atoms with Crippen LogP contribution in [-0.2, 0) is 0 Å². The summed E-state index contributed by atoms with van der Waals surface area (Å²) in [6.45, 7) is 2.02. The summed E-state index contributed by atoms with van der Waals surface area (Å²) in [5, 5.41) is 17.4. The Kier molecular flexibility index (Phi) is 2.98. The molecule has 0 aliphatic carbocycles. The van der Waals surface area contributed by atoms with Gasteiger partial charge in [-0.15, -0.1) is 5.10 Å². The summed E-state index contributed by atoms with van der Waals surface area (Å²) in [5.74, 6) is 0. The number of fused-ring (bicyclic) bond motifs is 1. The Morgan fingerprint density at radius 1 is 1.25 bits per heavy atom. The minimum Gasteiger partial charge on any atom is -0.262 e. The molecule has 5 nitrogen and oxygen atoms in total. The van der Waals surface area contributed by atoms with Crippen LogP contribution in [0.3, 0.4) is 0 Å². The van der Waals surface area contributed by atoms with Gasteiger partial charge < -0.3 is 0 Å². The Bertz CT molecular complexity index is 821. The van der Waals surface area contributed by atoms with E-state index in [0.717, 1.165) is 5.56 Å². The average molecular weight is 261 g/mol. The van der Waals surface area contributed by atoms with Crippen LogP contribution in [0, 0.1) is 18.3 Å². The normalized spacial score (nSPS) is 11.5. The molecule has 0 unspecified atom stereocenters. The van der Waals surface area contributed by atoms with E-state index in [4.69, 9.17) is 0 Å². The first-order chi connectivity index (χ1) is 9.78. The van der Waals surface area contributed by atoms with Gasteiger partial charge in [-0.3, -0.25) is 4.98 Å². The highest BCUT2D eigenvalue weighted by atomic mass is 15.4. The maximum Gasteiger partial charge on any atom is 0.145 e. The van der Waals surface area contributed by atoms with Crippen LogP contribution < -0.4 is 0 Å². The van der Waals surface area contributed by atoms with Gasteiger partial charge in [-0.2, -0.15) is 5.26 Å². The van der Waals surface area contributed by atoms with E-state index in [1.165, 1.54) is 10.2 Å². The predicted octanol–water partition coefficient (Wildman–Crippen LogP) is 2.66. The molecule has 5 heteroatoms. The van der Waals surface area contributed by atoms with Crippen molar-refractivity contribution >= 4 is 22.8 Å². The zero-order chi connectivity index (χ0) is 13.9. The Morgan fingerprint density at radius 2 is 2.05 bits per heavy atom. The van der Waals surface area contributed by atoms with Gasteiger partial charge in [-0.05, 0) is 24.6 Å². The molecule has 0 aliphatic heterocycles. The molecular formula is C15H11N5. The molecule has 0 spiro atoms. The molecule has 0 saturated heterocycles. The quantitative estimate of drug-likeness (QED) is 0.665. The summed E-state index contributed by atoms with van der Waals surface area (Å²) < 4.78 is 1.50. The van der Waals surface area contributed by atoms with E-state index in [2.05, 4.69) is 21.4 Å². The third-order valence-electron chi connectivity index (χ3n) is 2.97. The fourth-order valence-corrected chi connectivity index (χ4v) is 1.91. The molecule has 0 N–H and O–H groups in total. The van der Waals surface area contributed by atoms with E-state index in [0.29, 0.717) is 16.7 Å². The van der Waals surface area contributed by atoms with Crippen molar-refractivity contribution in [2.24, 2.45) is 0 Å². The summed E-state index contributed by atoms with van der Waals surface area (Å²) in [5.41, 5.74) is 3.96. The molecule has 0 fully saturated rings. The van der Waals surface area contributed by atoms with Gasteiger partial charge >= 0.3 is 0 Å². The fraction of sp³-hybridized carbons (Fsp3) is 0.0667. The van der Waals surface area contributed by atoms with Crippen molar-refractivity contribution in [1.29, 1.82) is 5.26 Å². The minimum atomic E-state index is 0.407. The number of hydrogen-bond donors (Lipinski definition) is 0. The largest absolute Gasteiger partial charge is 0.262 e. The van der Waals surface area contributed by atoms with Crippen LogP contribution in [0.4, 0.5) is 0 Å². The second-order valence-corrected chi connectivity index (χ2v) is 4.42. The van der Waals surface area contributed by atoms with Gasteiger partial charge in [-0.1, -0.05) is 35.0 Å². The van der Waals surface area contributed by atoms with Crippen molar-refractivity contribution < 1.29 is 0 Å². The monoisotopic (exact) mass is 261 g/mol. The number of aromatic nitrogens is 4. The summed E-state index contributed by atoms with van der Waals surface area (Å²) in [4.78, 5) is 4.04. The number of nitrogens with zero attached hydrogens (tertiary/aromatic N) is 5. The van der Waals surface area contributed by atoms with Crippen LogP contribution in [0.1, 0.15) is 11.1 Å². The molecule has 0 aliphatic rings. The maximum atomic E-state index is 9.35. The Labute approximate surface area is 115 Å².